The Bertz CT molecular complexity index is 431. The van der Waals surface area contributed by atoms with Gasteiger partial charge in [0, 0.05) is 38.7 Å². The zero-order chi connectivity index (χ0) is 15.9. The Hall–Kier alpha value is -1.32. The van der Waals surface area contributed by atoms with Crippen molar-refractivity contribution in [2.45, 2.75) is 64.7 Å². The number of hydrogen-bond acceptors (Lipinski definition) is 2. The summed E-state index contributed by atoms with van der Waals surface area (Å²) in [5, 5.41) is 0. The molecule has 1 aliphatic carbocycles. The van der Waals surface area contributed by atoms with Crippen molar-refractivity contribution in [3.63, 3.8) is 0 Å². The molecule has 124 valence electrons. The molecule has 2 amide bonds. The summed E-state index contributed by atoms with van der Waals surface area (Å²) in [4.78, 5) is 28.2. The maximum atomic E-state index is 12.5. The molecule has 0 aromatic rings. The summed E-state index contributed by atoms with van der Waals surface area (Å²) in [5.41, 5.74) is 1.27. The minimum atomic E-state index is 0.156. The molecule has 0 aromatic carbocycles. The van der Waals surface area contributed by atoms with E-state index in [4.69, 9.17) is 0 Å². The molecule has 22 heavy (non-hydrogen) atoms. The van der Waals surface area contributed by atoms with Crippen LogP contribution in [0.2, 0.25) is 0 Å². The van der Waals surface area contributed by atoms with Gasteiger partial charge in [-0.1, -0.05) is 13.0 Å². The Morgan fingerprint density at radius 1 is 1.27 bits per heavy atom. The lowest BCUT2D eigenvalue weighted by atomic mass is 9.85. The minimum Gasteiger partial charge on any atom is -0.346 e. The largest absolute Gasteiger partial charge is 0.346 e. The number of carbonyl (C=O) groups excluding carboxylic acids is 2. The van der Waals surface area contributed by atoms with E-state index in [1.807, 2.05) is 11.9 Å². The number of nitrogens with zero attached hydrogens (tertiary/aromatic N) is 2. The van der Waals surface area contributed by atoms with E-state index in [2.05, 4.69) is 13.0 Å². The second-order valence-corrected chi connectivity index (χ2v) is 6.61. The fourth-order valence-corrected chi connectivity index (χ4v) is 3.62. The number of allylic oxidation sites excluding steroid dienone is 2. The summed E-state index contributed by atoms with van der Waals surface area (Å²) in [6.45, 7) is 3.73. The van der Waals surface area contributed by atoms with E-state index in [9.17, 15) is 9.59 Å². The van der Waals surface area contributed by atoms with Crippen molar-refractivity contribution in [3.8, 4) is 0 Å². The van der Waals surface area contributed by atoms with E-state index in [1.54, 1.807) is 4.90 Å². The summed E-state index contributed by atoms with van der Waals surface area (Å²) in [7, 11) is 1.84. The quantitative estimate of drug-likeness (QED) is 0.755. The van der Waals surface area contributed by atoms with Crippen LogP contribution >= 0.6 is 0 Å². The standard InChI is InChI=1S/C18H30N2O2/c1-3-13-19(2)17(21)11-6-12-18(22)20-14-7-9-15-8-4-5-10-16(15)20/h10,15H,3-9,11-14H2,1-2H3. The maximum absolute atomic E-state index is 12.5. The van der Waals surface area contributed by atoms with Crippen molar-refractivity contribution in [1.29, 1.82) is 0 Å². The van der Waals surface area contributed by atoms with E-state index < -0.39 is 0 Å². The Kier molecular flexibility index (Phi) is 6.47. The number of hydrogen-bond donors (Lipinski definition) is 0. The van der Waals surface area contributed by atoms with Crippen molar-refractivity contribution in [2.75, 3.05) is 20.1 Å². The molecule has 4 heteroatoms. The van der Waals surface area contributed by atoms with Crippen LogP contribution in [0, 0.1) is 5.92 Å². The fraction of sp³-hybridized carbons (Fsp3) is 0.778. The molecule has 0 bridgehead atoms. The first-order chi connectivity index (χ1) is 10.6. The minimum absolute atomic E-state index is 0.156. The number of piperidine rings is 1. The topological polar surface area (TPSA) is 40.6 Å². The summed E-state index contributed by atoms with van der Waals surface area (Å²) >= 11 is 0. The molecular weight excluding hydrogens is 276 g/mol. The van der Waals surface area contributed by atoms with E-state index in [0.29, 0.717) is 25.2 Å². The molecule has 0 saturated carbocycles. The second kappa shape index (κ2) is 8.35. The second-order valence-electron chi connectivity index (χ2n) is 6.61. The van der Waals surface area contributed by atoms with Gasteiger partial charge in [0.05, 0.1) is 0 Å². The smallest absolute Gasteiger partial charge is 0.226 e. The van der Waals surface area contributed by atoms with E-state index >= 15 is 0 Å². The molecule has 4 nitrogen and oxygen atoms in total. The van der Waals surface area contributed by atoms with Crippen LogP contribution in [0.25, 0.3) is 0 Å². The lowest BCUT2D eigenvalue weighted by molar-refractivity contribution is -0.131. The van der Waals surface area contributed by atoms with Crippen molar-refractivity contribution in [1.82, 2.24) is 9.80 Å². The van der Waals surface area contributed by atoms with Gasteiger partial charge in [-0.3, -0.25) is 9.59 Å². The molecule has 0 spiro atoms. The highest BCUT2D eigenvalue weighted by atomic mass is 16.2. The molecule has 1 atom stereocenters. The predicted octanol–water partition coefficient (Wildman–Crippen LogP) is 3.33. The zero-order valence-corrected chi connectivity index (χ0v) is 14.1. The summed E-state index contributed by atoms with van der Waals surface area (Å²) in [6, 6.07) is 0. The SMILES string of the molecule is CCCN(C)C(=O)CCCC(=O)N1CCCC2CCCC=C21. The van der Waals surface area contributed by atoms with Gasteiger partial charge in [-0.15, -0.1) is 0 Å². The van der Waals surface area contributed by atoms with Gasteiger partial charge >= 0.3 is 0 Å². The number of likely N-dealkylation sites (tertiary alicyclic amines) is 1. The lowest BCUT2D eigenvalue weighted by Crippen LogP contribution is -2.39. The van der Waals surface area contributed by atoms with Gasteiger partial charge in [0.2, 0.25) is 11.8 Å². The highest BCUT2D eigenvalue weighted by Gasteiger charge is 2.29. The maximum Gasteiger partial charge on any atom is 0.226 e. The molecule has 1 aliphatic heterocycles. The van der Waals surface area contributed by atoms with Gasteiger partial charge < -0.3 is 9.80 Å². The van der Waals surface area contributed by atoms with Gasteiger partial charge in [-0.25, -0.2) is 0 Å². The van der Waals surface area contributed by atoms with E-state index in [1.165, 1.54) is 25.0 Å². The molecule has 0 radical (unpaired) electrons. The number of rotatable bonds is 6. The van der Waals surface area contributed by atoms with Crippen LogP contribution in [0.4, 0.5) is 0 Å². The first kappa shape index (κ1) is 17.0. The molecule has 1 unspecified atom stereocenters. The summed E-state index contributed by atoms with van der Waals surface area (Å²) < 4.78 is 0. The first-order valence-corrected chi connectivity index (χ1v) is 8.88. The average molecular weight is 306 g/mol. The van der Waals surface area contributed by atoms with Crippen LogP contribution in [-0.4, -0.2) is 41.8 Å². The lowest BCUT2D eigenvalue weighted by Gasteiger charge is -2.38. The molecule has 2 rings (SSSR count). The summed E-state index contributed by atoms with van der Waals surface area (Å²) in [5.74, 6) is 0.968. The Balaban J connectivity index is 1.79. The third kappa shape index (κ3) is 4.34. The molecule has 2 aliphatic rings. The van der Waals surface area contributed by atoms with Crippen LogP contribution in [-0.2, 0) is 9.59 Å². The molecule has 1 heterocycles. The molecule has 0 N–H and O–H groups in total. The van der Waals surface area contributed by atoms with Crippen molar-refractivity contribution in [3.05, 3.63) is 11.8 Å². The molecule has 1 saturated heterocycles. The van der Waals surface area contributed by atoms with Crippen LogP contribution in [0.15, 0.2) is 11.8 Å². The predicted molar refractivity (Wildman–Crippen MR) is 88.2 cm³/mol. The third-order valence-corrected chi connectivity index (χ3v) is 4.84. The molecular formula is C18H30N2O2. The Labute approximate surface area is 134 Å². The fourth-order valence-electron chi connectivity index (χ4n) is 3.62. The van der Waals surface area contributed by atoms with Gasteiger partial charge in [0.1, 0.15) is 0 Å². The van der Waals surface area contributed by atoms with Gasteiger partial charge in [0.15, 0.2) is 0 Å². The number of fused-ring (bicyclic) bond motifs is 1. The van der Waals surface area contributed by atoms with Crippen LogP contribution < -0.4 is 0 Å². The van der Waals surface area contributed by atoms with Gasteiger partial charge in [0.25, 0.3) is 0 Å². The zero-order valence-electron chi connectivity index (χ0n) is 14.1. The third-order valence-electron chi connectivity index (χ3n) is 4.84. The molecule has 1 fully saturated rings. The van der Waals surface area contributed by atoms with Gasteiger partial charge in [-0.2, -0.15) is 0 Å². The highest BCUT2D eigenvalue weighted by molar-refractivity contribution is 5.80. The van der Waals surface area contributed by atoms with E-state index in [0.717, 1.165) is 32.4 Å². The van der Waals surface area contributed by atoms with Crippen molar-refractivity contribution < 1.29 is 9.59 Å². The van der Waals surface area contributed by atoms with Crippen LogP contribution in [0.3, 0.4) is 0 Å². The van der Waals surface area contributed by atoms with Crippen LogP contribution in [0.5, 0.6) is 0 Å². The van der Waals surface area contributed by atoms with Crippen LogP contribution in [0.1, 0.15) is 64.7 Å². The first-order valence-electron chi connectivity index (χ1n) is 8.88. The van der Waals surface area contributed by atoms with E-state index in [-0.39, 0.29) is 11.8 Å². The van der Waals surface area contributed by atoms with Crippen molar-refractivity contribution in [2.24, 2.45) is 5.92 Å². The number of amides is 2. The van der Waals surface area contributed by atoms with Crippen molar-refractivity contribution >= 4 is 11.8 Å². The highest BCUT2D eigenvalue weighted by Crippen LogP contribution is 2.35. The number of carbonyl (C=O) groups is 2. The Morgan fingerprint density at radius 2 is 2.05 bits per heavy atom. The van der Waals surface area contributed by atoms with Gasteiger partial charge in [-0.05, 0) is 50.9 Å². The average Bonchev–Trinajstić information content (AvgIpc) is 2.54. The monoisotopic (exact) mass is 306 g/mol. The summed E-state index contributed by atoms with van der Waals surface area (Å²) in [6.07, 6.45) is 10.8. The molecule has 0 aromatic heterocycles. The Morgan fingerprint density at radius 3 is 2.82 bits per heavy atom. The normalized spacial score (nSPS) is 21.1.